The summed E-state index contributed by atoms with van der Waals surface area (Å²) in [6, 6.07) is 8.82. The molecule has 0 radical (unpaired) electrons. The summed E-state index contributed by atoms with van der Waals surface area (Å²) < 4.78 is 11.2. The van der Waals surface area contributed by atoms with Gasteiger partial charge in [-0.2, -0.15) is 0 Å². The van der Waals surface area contributed by atoms with Gasteiger partial charge in [-0.15, -0.1) is 11.3 Å². The number of carbonyl (C=O) groups is 5. The fourth-order valence-corrected chi connectivity index (χ4v) is 7.93. The maximum Gasteiger partial charge on any atom is 0.409 e. The molecule has 1 fully saturated rings. The monoisotopic (exact) mass is 769 g/mol. The molecule has 13 heteroatoms. The van der Waals surface area contributed by atoms with Crippen molar-refractivity contribution in [1.82, 2.24) is 25.0 Å². The number of carbonyl (C=O) groups excluding carboxylic acids is 5. The van der Waals surface area contributed by atoms with E-state index in [1.54, 1.807) is 45.3 Å². The van der Waals surface area contributed by atoms with Crippen molar-refractivity contribution in [2.75, 3.05) is 41.3 Å². The van der Waals surface area contributed by atoms with E-state index in [4.69, 9.17) is 9.47 Å². The van der Waals surface area contributed by atoms with Gasteiger partial charge in [0.2, 0.25) is 5.91 Å². The SMILES string of the molecule is CCOC(=O)[C@@H](C)C[C@H](Cc1ccccc1)NC(=O)c1csc([C@@H](C[C@H](C(C)C)N(C)C(=O)[C@@H](CC(=O)[C@H]2CCCCN2C)C(C)C)OC(=O)N(C)C)n1. The lowest BCUT2D eigenvalue weighted by Crippen LogP contribution is -2.48. The Hall–Kier alpha value is -3.84. The van der Waals surface area contributed by atoms with Crippen LogP contribution < -0.4 is 5.32 Å². The number of likely N-dealkylation sites (N-methyl/N-ethyl adjacent to an activating group) is 1. The average Bonchev–Trinajstić information content (AvgIpc) is 3.62. The van der Waals surface area contributed by atoms with E-state index in [0.29, 0.717) is 17.8 Å². The second kappa shape index (κ2) is 21.3. The molecule has 1 saturated heterocycles. The van der Waals surface area contributed by atoms with Crippen LogP contribution in [0.4, 0.5) is 4.79 Å². The van der Waals surface area contributed by atoms with Crippen LogP contribution in [0.25, 0.3) is 0 Å². The first-order valence-electron chi connectivity index (χ1n) is 19.4. The van der Waals surface area contributed by atoms with Gasteiger partial charge in [0.05, 0.1) is 18.6 Å². The molecular formula is C41H63N5O7S. The van der Waals surface area contributed by atoms with Gasteiger partial charge in [0.25, 0.3) is 5.91 Å². The summed E-state index contributed by atoms with van der Waals surface area (Å²) in [4.78, 5) is 76.7. The maximum atomic E-state index is 14.2. The van der Waals surface area contributed by atoms with Gasteiger partial charge in [-0.1, -0.05) is 71.4 Å². The summed E-state index contributed by atoms with van der Waals surface area (Å²) >= 11 is 1.21. The minimum atomic E-state index is -0.854. The number of benzene rings is 1. The largest absolute Gasteiger partial charge is 0.466 e. The number of piperidine rings is 1. The van der Waals surface area contributed by atoms with Crippen molar-refractivity contribution in [1.29, 1.82) is 0 Å². The highest BCUT2D eigenvalue weighted by Crippen LogP contribution is 2.33. The Morgan fingerprint density at radius 3 is 2.26 bits per heavy atom. The third kappa shape index (κ3) is 12.9. The number of hydrogen-bond donors (Lipinski definition) is 1. The molecule has 2 aromatic rings. The lowest BCUT2D eigenvalue weighted by Gasteiger charge is -2.37. The Kier molecular flexibility index (Phi) is 17.6. The number of ketones is 1. The Bertz CT molecular complexity index is 1530. The third-order valence-corrected chi connectivity index (χ3v) is 11.3. The van der Waals surface area contributed by atoms with Crippen LogP contribution in [0.1, 0.15) is 107 Å². The molecule has 1 aromatic carbocycles. The Labute approximate surface area is 326 Å². The van der Waals surface area contributed by atoms with Crippen LogP contribution in [-0.4, -0.2) is 109 Å². The van der Waals surface area contributed by atoms with E-state index in [0.717, 1.165) is 31.4 Å². The van der Waals surface area contributed by atoms with E-state index in [9.17, 15) is 24.0 Å². The number of hydrogen-bond acceptors (Lipinski definition) is 10. The molecule has 0 bridgehead atoms. The van der Waals surface area contributed by atoms with Gasteiger partial charge in [-0.05, 0) is 63.6 Å². The number of esters is 1. The molecule has 54 heavy (non-hydrogen) atoms. The highest BCUT2D eigenvalue weighted by molar-refractivity contribution is 7.09. The molecule has 0 unspecified atom stereocenters. The van der Waals surface area contributed by atoms with Gasteiger partial charge < -0.3 is 24.6 Å². The quantitative estimate of drug-likeness (QED) is 0.161. The van der Waals surface area contributed by atoms with E-state index in [1.165, 1.54) is 16.2 Å². The number of Topliss-reactive ketones (excluding diaryl/α,β-unsaturated/α-hetero) is 1. The molecule has 3 rings (SSSR count). The summed E-state index contributed by atoms with van der Waals surface area (Å²) in [5.41, 5.74) is 1.18. The van der Waals surface area contributed by atoms with Gasteiger partial charge in [-0.3, -0.25) is 24.1 Å². The first-order valence-corrected chi connectivity index (χ1v) is 20.3. The van der Waals surface area contributed by atoms with Gasteiger partial charge in [0.1, 0.15) is 10.7 Å². The Morgan fingerprint density at radius 2 is 1.67 bits per heavy atom. The molecule has 2 heterocycles. The second-order valence-corrected chi connectivity index (χ2v) is 16.5. The first-order chi connectivity index (χ1) is 25.5. The molecule has 12 nitrogen and oxygen atoms in total. The van der Waals surface area contributed by atoms with Gasteiger partial charge in [0, 0.05) is 57.4 Å². The standard InChI is InChI=1S/C41H63N5O7S/c1-11-52-40(50)28(6)21-30(22-29-17-13-12-14-18-29)42-37(48)32-25-54-38(43-32)36(53-41(51)44(7)8)24-34(27(4)5)46(10)39(49)31(26(2)3)23-35(47)33-19-15-16-20-45(33)9/h12-14,17-18,25-28,30-31,33-34,36H,11,15-16,19-24H2,1-10H3,(H,42,48)/t28-,30+,31-,33+,34+,36+/m0/s1. The van der Waals surface area contributed by atoms with Crippen molar-refractivity contribution in [2.24, 2.45) is 23.7 Å². The zero-order chi connectivity index (χ0) is 40.1. The molecule has 0 spiro atoms. The van der Waals surface area contributed by atoms with Gasteiger partial charge >= 0.3 is 12.1 Å². The highest BCUT2D eigenvalue weighted by atomic mass is 32.1. The fraction of sp³-hybridized carbons (Fsp3) is 0.659. The zero-order valence-corrected chi connectivity index (χ0v) is 34.8. The van der Waals surface area contributed by atoms with E-state index in [1.807, 2.05) is 65.1 Å². The highest BCUT2D eigenvalue weighted by Gasteiger charge is 2.37. The molecule has 1 N–H and O–H groups in total. The van der Waals surface area contributed by atoms with Crippen molar-refractivity contribution in [3.63, 3.8) is 0 Å². The molecule has 1 aliphatic rings. The van der Waals surface area contributed by atoms with Crippen molar-refractivity contribution >= 4 is 41.0 Å². The maximum absolute atomic E-state index is 14.2. The molecule has 0 aliphatic carbocycles. The summed E-state index contributed by atoms with van der Waals surface area (Å²) in [5, 5.41) is 5.14. The lowest BCUT2D eigenvalue weighted by molar-refractivity contribution is -0.147. The molecule has 1 aromatic heterocycles. The molecule has 0 saturated carbocycles. The summed E-state index contributed by atoms with van der Waals surface area (Å²) in [6.07, 6.45) is 2.76. The van der Waals surface area contributed by atoms with Crippen molar-refractivity contribution in [3.8, 4) is 0 Å². The number of rotatable bonds is 19. The van der Waals surface area contributed by atoms with Gasteiger partial charge in [-0.25, -0.2) is 9.78 Å². The predicted octanol–water partition coefficient (Wildman–Crippen LogP) is 6.40. The van der Waals surface area contributed by atoms with Crippen molar-refractivity contribution < 1.29 is 33.4 Å². The number of nitrogens with one attached hydrogen (secondary N) is 1. The van der Waals surface area contributed by atoms with E-state index >= 15 is 0 Å². The molecule has 3 amide bonds. The summed E-state index contributed by atoms with van der Waals surface area (Å²) in [5.74, 6) is -1.76. The third-order valence-electron chi connectivity index (χ3n) is 10.4. The van der Waals surface area contributed by atoms with Crippen LogP contribution in [0, 0.1) is 23.7 Å². The molecule has 300 valence electrons. The second-order valence-electron chi connectivity index (χ2n) is 15.6. The first kappa shape index (κ1) is 44.6. The van der Waals surface area contributed by atoms with Crippen LogP contribution in [-0.2, 0) is 30.3 Å². The van der Waals surface area contributed by atoms with Crippen LogP contribution in [0.5, 0.6) is 0 Å². The van der Waals surface area contributed by atoms with Crippen LogP contribution in [0.15, 0.2) is 35.7 Å². The van der Waals surface area contributed by atoms with Crippen LogP contribution >= 0.6 is 11.3 Å². The smallest absolute Gasteiger partial charge is 0.409 e. The van der Waals surface area contributed by atoms with Crippen molar-refractivity contribution in [2.45, 2.75) is 111 Å². The summed E-state index contributed by atoms with van der Waals surface area (Å²) in [7, 11) is 6.92. The Morgan fingerprint density at radius 1 is 0.981 bits per heavy atom. The normalized spacial score (nSPS) is 17.6. The minimum absolute atomic E-state index is 0.0321. The zero-order valence-electron chi connectivity index (χ0n) is 34.0. The Balaban J connectivity index is 1.85. The molecular weight excluding hydrogens is 707 g/mol. The number of thiazole rings is 1. The topological polar surface area (TPSA) is 138 Å². The van der Waals surface area contributed by atoms with Crippen LogP contribution in [0.3, 0.4) is 0 Å². The number of ether oxygens (including phenoxy) is 2. The number of likely N-dealkylation sites (tertiary alicyclic amines) is 1. The van der Waals surface area contributed by atoms with Crippen molar-refractivity contribution in [3.05, 3.63) is 52.0 Å². The lowest BCUT2D eigenvalue weighted by atomic mass is 9.84. The van der Waals surface area contributed by atoms with Crippen LogP contribution in [0.2, 0.25) is 0 Å². The van der Waals surface area contributed by atoms with Gasteiger partial charge in [0.15, 0.2) is 11.9 Å². The number of aromatic nitrogens is 1. The molecule has 6 atom stereocenters. The minimum Gasteiger partial charge on any atom is -0.466 e. The van der Waals surface area contributed by atoms with E-state index < -0.39 is 29.9 Å². The summed E-state index contributed by atoms with van der Waals surface area (Å²) in [6.45, 7) is 12.7. The van der Waals surface area contributed by atoms with E-state index in [-0.39, 0.29) is 72.8 Å². The average molecular weight is 770 g/mol. The fourth-order valence-electron chi connectivity index (χ4n) is 7.09. The van der Waals surface area contributed by atoms with E-state index in [2.05, 4.69) is 15.2 Å². The predicted molar refractivity (Wildman–Crippen MR) is 211 cm³/mol. The number of nitrogens with zero attached hydrogens (tertiary/aromatic N) is 4. The number of amides is 3. The molecule has 1 aliphatic heterocycles.